The predicted octanol–water partition coefficient (Wildman–Crippen LogP) is 3.84. The molecule has 3 aromatic carbocycles. The van der Waals surface area contributed by atoms with Gasteiger partial charge in [0.15, 0.2) is 0 Å². The van der Waals surface area contributed by atoms with Crippen molar-refractivity contribution in [2.75, 3.05) is 0 Å². The Bertz CT molecular complexity index is 851. The molecular formula is C23H22N2O2. The normalized spacial score (nSPS) is 10.4. The summed E-state index contributed by atoms with van der Waals surface area (Å²) in [6.45, 7) is 1.93. The van der Waals surface area contributed by atoms with Crippen molar-refractivity contribution in [1.29, 1.82) is 0 Å². The van der Waals surface area contributed by atoms with Gasteiger partial charge in [0, 0.05) is 19.0 Å². The van der Waals surface area contributed by atoms with Crippen LogP contribution in [0.4, 0.5) is 0 Å². The Labute approximate surface area is 159 Å². The van der Waals surface area contributed by atoms with E-state index >= 15 is 0 Å². The standard InChI is InChI=1S/C23H22N2O2/c1-17(26)24-16-18-12-14-21(15-13-18)23(27)25-22(19-8-4-2-5-9-19)20-10-6-3-7-11-20/h2-15,22H,16H2,1H3,(H,24,26)(H,25,27). The molecule has 2 N–H and O–H groups in total. The molecule has 0 heterocycles. The van der Waals surface area contributed by atoms with E-state index in [4.69, 9.17) is 0 Å². The van der Waals surface area contributed by atoms with Crippen molar-refractivity contribution in [3.8, 4) is 0 Å². The van der Waals surface area contributed by atoms with Crippen LogP contribution in [0.25, 0.3) is 0 Å². The quantitative estimate of drug-likeness (QED) is 0.703. The smallest absolute Gasteiger partial charge is 0.252 e. The van der Waals surface area contributed by atoms with Crippen molar-refractivity contribution in [1.82, 2.24) is 10.6 Å². The zero-order valence-electron chi connectivity index (χ0n) is 15.2. The lowest BCUT2D eigenvalue weighted by Crippen LogP contribution is -2.29. The van der Waals surface area contributed by atoms with E-state index in [0.29, 0.717) is 12.1 Å². The summed E-state index contributed by atoms with van der Waals surface area (Å²) in [6, 6.07) is 26.9. The first-order valence-corrected chi connectivity index (χ1v) is 8.87. The van der Waals surface area contributed by atoms with Crippen LogP contribution in [0.2, 0.25) is 0 Å². The Balaban J connectivity index is 1.77. The van der Waals surface area contributed by atoms with Crippen LogP contribution in [0.15, 0.2) is 84.9 Å². The van der Waals surface area contributed by atoms with Crippen LogP contribution in [0.1, 0.15) is 40.0 Å². The first-order valence-electron chi connectivity index (χ1n) is 8.87. The van der Waals surface area contributed by atoms with Crippen LogP contribution in [0, 0.1) is 0 Å². The number of carbonyl (C=O) groups excluding carboxylic acids is 2. The fourth-order valence-corrected chi connectivity index (χ4v) is 2.87. The third-order valence-corrected chi connectivity index (χ3v) is 4.30. The van der Waals surface area contributed by atoms with Crippen LogP contribution in [0.5, 0.6) is 0 Å². The molecule has 0 aliphatic rings. The fourth-order valence-electron chi connectivity index (χ4n) is 2.87. The predicted molar refractivity (Wildman–Crippen MR) is 106 cm³/mol. The molecule has 0 saturated heterocycles. The largest absolute Gasteiger partial charge is 0.352 e. The molecule has 0 unspecified atom stereocenters. The highest BCUT2D eigenvalue weighted by atomic mass is 16.2. The number of rotatable bonds is 6. The molecule has 0 radical (unpaired) electrons. The van der Waals surface area contributed by atoms with E-state index < -0.39 is 0 Å². The Hall–Kier alpha value is -3.40. The minimum absolute atomic E-state index is 0.0783. The van der Waals surface area contributed by atoms with Crippen LogP contribution >= 0.6 is 0 Å². The van der Waals surface area contributed by atoms with Gasteiger partial charge in [-0.3, -0.25) is 9.59 Å². The minimum atomic E-state index is -0.223. The second-order valence-corrected chi connectivity index (χ2v) is 6.33. The van der Waals surface area contributed by atoms with Gasteiger partial charge >= 0.3 is 0 Å². The Morgan fingerprint density at radius 2 is 1.30 bits per heavy atom. The summed E-state index contributed by atoms with van der Waals surface area (Å²) >= 11 is 0. The molecular weight excluding hydrogens is 336 g/mol. The van der Waals surface area contributed by atoms with Crippen molar-refractivity contribution >= 4 is 11.8 Å². The molecule has 3 rings (SSSR count). The van der Waals surface area contributed by atoms with Gasteiger partial charge in [-0.1, -0.05) is 72.8 Å². The molecule has 27 heavy (non-hydrogen) atoms. The summed E-state index contributed by atoms with van der Waals surface area (Å²) in [7, 11) is 0. The molecule has 0 atom stereocenters. The molecule has 3 aromatic rings. The number of benzene rings is 3. The number of hydrogen-bond donors (Lipinski definition) is 2. The van der Waals surface area contributed by atoms with E-state index in [0.717, 1.165) is 16.7 Å². The molecule has 0 aromatic heterocycles. The molecule has 0 aliphatic heterocycles. The van der Waals surface area contributed by atoms with Crippen molar-refractivity contribution in [3.05, 3.63) is 107 Å². The molecule has 0 bridgehead atoms. The number of hydrogen-bond acceptors (Lipinski definition) is 2. The molecule has 0 fully saturated rings. The van der Waals surface area contributed by atoms with Crippen LogP contribution < -0.4 is 10.6 Å². The van der Waals surface area contributed by atoms with E-state index in [1.165, 1.54) is 6.92 Å². The third kappa shape index (κ3) is 5.05. The number of carbonyl (C=O) groups is 2. The van der Waals surface area contributed by atoms with Gasteiger partial charge in [-0.2, -0.15) is 0 Å². The zero-order valence-corrected chi connectivity index (χ0v) is 15.2. The maximum Gasteiger partial charge on any atom is 0.252 e. The number of nitrogens with one attached hydrogen (secondary N) is 2. The highest BCUT2D eigenvalue weighted by molar-refractivity contribution is 5.94. The zero-order chi connectivity index (χ0) is 19.1. The van der Waals surface area contributed by atoms with Gasteiger partial charge in [-0.25, -0.2) is 0 Å². The molecule has 4 nitrogen and oxygen atoms in total. The maximum absolute atomic E-state index is 12.8. The maximum atomic E-state index is 12.8. The lowest BCUT2D eigenvalue weighted by molar-refractivity contribution is -0.119. The molecule has 0 spiro atoms. The fraction of sp³-hybridized carbons (Fsp3) is 0.130. The van der Waals surface area contributed by atoms with Gasteiger partial charge in [-0.15, -0.1) is 0 Å². The van der Waals surface area contributed by atoms with Crippen LogP contribution in [0.3, 0.4) is 0 Å². The highest BCUT2D eigenvalue weighted by Gasteiger charge is 2.17. The first-order chi connectivity index (χ1) is 13.1. The summed E-state index contributed by atoms with van der Waals surface area (Å²) in [5, 5.41) is 5.87. The Morgan fingerprint density at radius 3 is 1.78 bits per heavy atom. The van der Waals surface area contributed by atoms with E-state index in [2.05, 4.69) is 10.6 Å². The van der Waals surface area contributed by atoms with Crippen molar-refractivity contribution in [2.45, 2.75) is 19.5 Å². The van der Waals surface area contributed by atoms with Crippen molar-refractivity contribution in [3.63, 3.8) is 0 Å². The van der Waals surface area contributed by atoms with E-state index in [9.17, 15) is 9.59 Å². The monoisotopic (exact) mass is 358 g/mol. The highest BCUT2D eigenvalue weighted by Crippen LogP contribution is 2.22. The molecule has 136 valence electrons. The second-order valence-electron chi connectivity index (χ2n) is 6.33. The molecule has 2 amide bonds. The summed E-state index contributed by atoms with van der Waals surface area (Å²) < 4.78 is 0. The van der Waals surface area contributed by atoms with Gasteiger partial charge in [0.1, 0.15) is 0 Å². The van der Waals surface area contributed by atoms with Crippen LogP contribution in [-0.4, -0.2) is 11.8 Å². The summed E-state index contributed by atoms with van der Waals surface area (Å²) in [6.07, 6.45) is 0. The Morgan fingerprint density at radius 1 is 0.778 bits per heavy atom. The first kappa shape index (κ1) is 18.4. The topological polar surface area (TPSA) is 58.2 Å². The Kier molecular flexibility index (Phi) is 6.00. The van der Waals surface area contributed by atoms with E-state index in [1.807, 2.05) is 72.8 Å². The summed E-state index contributed by atoms with van der Waals surface area (Å²) in [4.78, 5) is 23.8. The third-order valence-electron chi connectivity index (χ3n) is 4.30. The van der Waals surface area contributed by atoms with Crippen molar-refractivity contribution in [2.24, 2.45) is 0 Å². The van der Waals surface area contributed by atoms with E-state index in [1.54, 1.807) is 12.1 Å². The average molecular weight is 358 g/mol. The summed E-state index contributed by atoms with van der Waals surface area (Å²) in [5.41, 5.74) is 3.58. The summed E-state index contributed by atoms with van der Waals surface area (Å²) in [5.74, 6) is -0.218. The lowest BCUT2D eigenvalue weighted by Gasteiger charge is -2.20. The van der Waals surface area contributed by atoms with Gasteiger partial charge in [0.05, 0.1) is 6.04 Å². The molecule has 0 aliphatic carbocycles. The molecule has 0 saturated carbocycles. The van der Waals surface area contributed by atoms with E-state index in [-0.39, 0.29) is 17.9 Å². The van der Waals surface area contributed by atoms with Gasteiger partial charge < -0.3 is 10.6 Å². The molecule has 4 heteroatoms. The SMILES string of the molecule is CC(=O)NCc1ccc(C(=O)NC(c2ccccc2)c2ccccc2)cc1. The number of amides is 2. The second kappa shape index (κ2) is 8.81. The van der Waals surface area contributed by atoms with Gasteiger partial charge in [0.25, 0.3) is 5.91 Å². The van der Waals surface area contributed by atoms with Gasteiger partial charge in [-0.05, 0) is 28.8 Å². The van der Waals surface area contributed by atoms with Crippen molar-refractivity contribution < 1.29 is 9.59 Å². The van der Waals surface area contributed by atoms with Crippen LogP contribution in [-0.2, 0) is 11.3 Å². The minimum Gasteiger partial charge on any atom is -0.352 e. The average Bonchev–Trinajstić information content (AvgIpc) is 2.72. The lowest BCUT2D eigenvalue weighted by atomic mass is 9.98. The van der Waals surface area contributed by atoms with Gasteiger partial charge in [0.2, 0.25) is 5.91 Å².